The number of piperazine rings is 1. The number of halogens is 2. The Morgan fingerprint density at radius 2 is 1.70 bits per heavy atom. The highest BCUT2D eigenvalue weighted by atomic mass is 32.2. The first kappa shape index (κ1) is 20.9. The minimum Gasteiger partial charge on any atom is -0.450 e. The number of nitrogens with zero attached hydrogens (tertiary/aromatic N) is 3. The van der Waals surface area contributed by atoms with Crippen LogP contribution in [0.1, 0.15) is 6.92 Å². The Morgan fingerprint density at radius 1 is 1.11 bits per heavy atom. The van der Waals surface area contributed by atoms with Gasteiger partial charge in [0, 0.05) is 32.2 Å². The van der Waals surface area contributed by atoms with Gasteiger partial charge in [-0.05, 0) is 19.1 Å². The van der Waals surface area contributed by atoms with E-state index in [1.54, 1.807) is 6.92 Å². The Labute approximate surface area is 156 Å². The van der Waals surface area contributed by atoms with Crippen LogP contribution in [0.2, 0.25) is 0 Å². The largest absolute Gasteiger partial charge is 0.450 e. The molecule has 1 aromatic carbocycles. The minimum atomic E-state index is -3.90. The molecule has 1 fully saturated rings. The first-order valence-electron chi connectivity index (χ1n) is 8.25. The molecule has 0 radical (unpaired) electrons. The number of hydrogen-bond donors (Lipinski definition) is 0. The van der Waals surface area contributed by atoms with Gasteiger partial charge in [-0.1, -0.05) is 0 Å². The van der Waals surface area contributed by atoms with Crippen molar-refractivity contribution in [3.05, 3.63) is 29.8 Å². The molecule has 1 saturated heterocycles. The van der Waals surface area contributed by atoms with Crippen LogP contribution in [-0.2, 0) is 19.6 Å². The van der Waals surface area contributed by atoms with Crippen LogP contribution >= 0.6 is 0 Å². The highest BCUT2D eigenvalue weighted by molar-refractivity contribution is 7.92. The fourth-order valence-electron chi connectivity index (χ4n) is 2.62. The predicted octanol–water partition coefficient (Wildman–Crippen LogP) is 1.03. The Morgan fingerprint density at radius 3 is 2.22 bits per heavy atom. The van der Waals surface area contributed by atoms with E-state index >= 15 is 0 Å². The molecule has 0 N–H and O–H groups in total. The van der Waals surface area contributed by atoms with Crippen molar-refractivity contribution < 1.29 is 31.5 Å². The van der Waals surface area contributed by atoms with Gasteiger partial charge in [0.25, 0.3) is 0 Å². The summed E-state index contributed by atoms with van der Waals surface area (Å²) >= 11 is 0. The van der Waals surface area contributed by atoms with E-state index in [0.29, 0.717) is 0 Å². The Hall–Kier alpha value is -2.43. The lowest BCUT2D eigenvalue weighted by Crippen LogP contribution is -2.53. The van der Waals surface area contributed by atoms with Gasteiger partial charge < -0.3 is 14.5 Å². The Balaban J connectivity index is 2.07. The van der Waals surface area contributed by atoms with Gasteiger partial charge in [-0.3, -0.25) is 9.10 Å². The molecule has 2 rings (SSSR count). The van der Waals surface area contributed by atoms with Crippen LogP contribution in [0.4, 0.5) is 19.3 Å². The number of carbonyl (C=O) groups excluding carboxylic acids is 2. The van der Waals surface area contributed by atoms with E-state index < -0.39 is 40.2 Å². The Bertz CT molecular complexity index is 810. The number of anilines is 1. The van der Waals surface area contributed by atoms with Crippen molar-refractivity contribution in [2.75, 3.05) is 49.9 Å². The van der Waals surface area contributed by atoms with Crippen molar-refractivity contribution in [2.24, 2.45) is 0 Å². The van der Waals surface area contributed by atoms with Crippen LogP contribution in [0, 0.1) is 11.6 Å². The van der Waals surface area contributed by atoms with E-state index in [1.165, 1.54) is 9.80 Å². The molecule has 0 unspecified atom stereocenters. The van der Waals surface area contributed by atoms with Crippen LogP contribution in [0.5, 0.6) is 0 Å². The molecule has 1 aliphatic rings. The summed E-state index contributed by atoms with van der Waals surface area (Å²) in [7, 11) is -3.90. The van der Waals surface area contributed by atoms with E-state index in [4.69, 9.17) is 4.74 Å². The number of rotatable bonds is 5. The SMILES string of the molecule is CCOC(=O)N1CCN(C(=O)CN(c2ccc(F)c(F)c2)S(C)(=O)=O)CC1. The van der Waals surface area contributed by atoms with Gasteiger partial charge in [0.05, 0.1) is 18.6 Å². The lowest BCUT2D eigenvalue weighted by molar-refractivity contribution is -0.131. The fourth-order valence-corrected chi connectivity index (χ4v) is 3.46. The summed E-state index contributed by atoms with van der Waals surface area (Å²) in [5.74, 6) is -2.83. The van der Waals surface area contributed by atoms with E-state index in [-0.39, 0.29) is 38.5 Å². The van der Waals surface area contributed by atoms with Gasteiger partial charge >= 0.3 is 6.09 Å². The number of sulfonamides is 1. The first-order chi connectivity index (χ1) is 12.6. The zero-order chi connectivity index (χ0) is 20.2. The van der Waals surface area contributed by atoms with Crippen molar-refractivity contribution in [2.45, 2.75) is 6.92 Å². The van der Waals surface area contributed by atoms with Crippen molar-refractivity contribution in [3.8, 4) is 0 Å². The quantitative estimate of drug-likeness (QED) is 0.730. The molecule has 0 aromatic heterocycles. The fraction of sp³-hybridized carbons (Fsp3) is 0.500. The van der Waals surface area contributed by atoms with E-state index in [1.807, 2.05) is 0 Å². The standard InChI is InChI=1S/C16H21F2N3O5S/c1-3-26-16(23)20-8-6-19(7-9-20)15(22)11-21(27(2,24)25)12-4-5-13(17)14(18)10-12/h4-5,10H,3,6-9,11H2,1-2H3. The molecule has 0 spiro atoms. The molecule has 0 bridgehead atoms. The Kier molecular flexibility index (Phi) is 6.58. The summed E-state index contributed by atoms with van der Waals surface area (Å²) in [6.45, 7) is 2.33. The van der Waals surface area contributed by atoms with Crippen molar-refractivity contribution in [3.63, 3.8) is 0 Å². The molecule has 1 aromatic rings. The molecule has 0 atom stereocenters. The summed E-state index contributed by atoms with van der Waals surface area (Å²) < 4.78 is 56.2. The zero-order valence-electron chi connectivity index (χ0n) is 15.0. The van der Waals surface area contributed by atoms with Gasteiger partial charge in [0.1, 0.15) is 6.54 Å². The second-order valence-corrected chi connectivity index (χ2v) is 7.84. The molecule has 150 valence electrons. The maximum atomic E-state index is 13.5. The molecule has 27 heavy (non-hydrogen) atoms. The summed E-state index contributed by atoms with van der Waals surface area (Å²) in [6.07, 6.45) is 0.407. The van der Waals surface area contributed by atoms with Crippen molar-refractivity contribution in [1.29, 1.82) is 0 Å². The number of ether oxygens (including phenoxy) is 1. The van der Waals surface area contributed by atoms with E-state index in [2.05, 4.69) is 0 Å². The van der Waals surface area contributed by atoms with Gasteiger partial charge in [0.2, 0.25) is 15.9 Å². The number of amides is 2. The lowest BCUT2D eigenvalue weighted by Gasteiger charge is -2.35. The average molecular weight is 405 g/mol. The highest BCUT2D eigenvalue weighted by Gasteiger charge is 2.28. The van der Waals surface area contributed by atoms with Gasteiger partial charge in [-0.2, -0.15) is 0 Å². The molecule has 8 nitrogen and oxygen atoms in total. The number of benzene rings is 1. The van der Waals surface area contributed by atoms with Crippen LogP contribution in [0.25, 0.3) is 0 Å². The van der Waals surface area contributed by atoms with Crippen LogP contribution < -0.4 is 4.31 Å². The van der Waals surface area contributed by atoms with Crippen molar-refractivity contribution >= 4 is 27.7 Å². The molecular formula is C16H21F2N3O5S. The summed E-state index contributed by atoms with van der Waals surface area (Å²) in [5, 5.41) is 0. The maximum absolute atomic E-state index is 13.5. The van der Waals surface area contributed by atoms with Gasteiger partial charge in [-0.25, -0.2) is 22.0 Å². The second-order valence-electron chi connectivity index (χ2n) is 5.93. The summed E-state index contributed by atoms with van der Waals surface area (Å²) in [4.78, 5) is 27.0. The monoisotopic (exact) mass is 405 g/mol. The molecular weight excluding hydrogens is 384 g/mol. The summed E-state index contributed by atoms with van der Waals surface area (Å²) in [5.41, 5.74) is -0.144. The molecule has 0 aliphatic carbocycles. The van der Waals surface area contributed by atoms with Crippen LogP contribution in [0.3, 0.4) is 0 Å². The minimum absolute atomic E-state index is 0.144. The molecule has 1 aliphatic heterocycles. The molecule has 2 amide bonds. The molecule has 1 heterocycles. The smallest absolute Gasteiger partial charge is 0.409 e. The highest BCUT2D eigenvalue weighted by Crippen LogP contribution is 2.21. The number of hydrogen-bond acceptors (Lipinski definition) is 5. The first-order valence-corrected chi connectivity index (χ1v) is 10.1. The zero-order valence-corrected chi connectivity index (χ0v) is 15.8. The molecule has 0 saturated carbocycles. The van der Waals surface area contributed by atoms with E-state index in [0.717, 1.165) is 28.8 Å². The van der Waals surface area contributed by atoms with Crippen LogP contribution in [0.15, 0.2) is 18.2 Å². The predicted molar refractivity (Wildman–Crippen MR) is 93.7 cm³/mol. The third kappa shape index (κ3) is 5.28. The normalized spacial score (nSPS) is 14.8. The van der Waals surface area contributed by atoms with Gasteiger partial charge in [0.15, 0.2) is 11.6 Å². The van der Waals surface area contributed by atoms with Crippen molar-refractivity contribution in [1.82, 2.24) is 9.80 Å². The second kappa shape index (κ2) is 8.51. The maximum Gasteiger partial charge on any atom is 0.409 e. The van der Waals surface area contributed by atoms with Gasteiger partial charge in [-0.15, -0.1) is 0 Å². The third-order valence-electron chi connectivity index (χ3n) is 4.03. The molecule has 11 heteroatoms. The topological polar surface area (TPSA) is 87.2 Å². The third-order valence-corrected chi connectivity index (χ3v) is 5.17. The van der Waals surface area contributed by atoms with Crippen LogP contribution in [-0.4, -0.2) is 75.8 Å². The average Bonchev–Trinajstić information content (AvgIpc) is 2.61. The summed E-state index contributed by atoms with van der Waals surface area (Å²) in [6, 6.07) is 2.61. The van der Waals surface area contributed by atoms with E-state index in [9.17, 15) is 26.8 Å². The lowest BCUT2D eigenvalue weighted by atomic mass is 10.3. The number of carbonyl (C=O) groups is 2.